The van der Waals surface area contributed by atoms with Crippen molar-refractivity contribution >= 4 is 5.97 Å². The van der Waals surface area contributed by atoms with Gasteiger partial charge >= 0.3 is 5.97 Å². The zero-order valence-corrected chi connectivity index (χ0v) is 8.33. The van der Waals surface area contributed by atoms with Gasteiger partial charge in [-0.15, -0.1) is 0 Å². The van der Waals surface area contributed by atoms with Crippen molar-refractivity contribution in [3.8, 4) is 0 Å². The average Bonchev–Trinajstić information content (AvgIpc) is 2.15. The summed E-state index contributed by atoms with van der Waals surface area (Å²) in [6.45, 7) is 4.44. The van der Waals surface area contributed by atoms with Gasteiger partial charge in [-0.2, -0.15) is 0 Å². The molecule has 3 nitrogen and oxygen atoms in total. The number of nitrogens with zero attached hydrogens (tertiary/aromatic N) is 1. The summed E-state index contributed by atoms with van der Waals surface area (Å²) < 4.78 is 0. The molecule has 0 spiro atoms. The van der Waals surface area contributed by atoms with Gasteiger partial charge in [0.15, 0.2) is 0 Å². The number of rotatable bonds is 4. The highest BCUT2D eigenvalue weighted by molar-refractivity contribution is 5.66. The van der Waals surface area contributed by atoms with E-state index in [1.807, 2.05) is 0 Å². The van der Waals surface area contributed by atoms with Crippen molar-refractivity contribution in [3.05, 3.63) is 0 Å². The Labute approximate surface area is 79.7 Å². The minimum atomic E-state index is -0.677. The molecule has 1 rings (SSSR count). The van der Waals surface area contributed by atoms with Crippen molar-refractivity contribution in [2.24, 2.45) is 0 Å². The Morgan fingerprint density at radius 1 is 1.38 bits per heavy atom. The van der Waals surface area contributed by atoms with Gasteiger partial charge in [0, 0.05) is 12.5 Å². The zero-order valence-electron chi connectivity index (χ0n) is 8.33. The monoisotopic (exact) mass is 185 g/mol. The molecule has 1 atom stereocenters. The van der Waals surface area contributed by atoms with Crippen LogP contribution in [0.15, 0.2) is 0 Å². The van der Waals surface area contributed by atoms with Crippen LogP contribution in [0.1, 0.15) is 39.0 Å². The molecule has 13 heavy (non-hydrogen) atoms. The molecule has 0 aliphatic carbocycles. The molecular formula is C10H19NO2. The first-order chi connectivity index (χ1) is 6.20. The number of hydrogen-bond acceptors (Lipinski definition) is 2. The highest BCUT2D eigenvalue weighted by Gasteiger charge is 2.16. The van der Waals surface area contributed by atoms with Crippen LogP contribution in [0, 0.1) is 0 Å². The van der Waals surface area contributed by atoms with E-state index in [0.29, 0.717) is 12.5 Å². The van der Waals surface area contributed by atoms with E-state index >= 15 is 0 Å². The molecule has 3 heteroatoms. The fraction of sp³-hybridized carbons (Fsp3) is 0.900. The van der Waals surface area contributed by atoms with Gasteiger partial charge in [0.05, 0.1) is 0 Å². The summed E-state index contributed by atoms with van der Waals surface area (Å²) in [5.41, 5.74) is 0. The van der Waals surface area contributed by atoms with Crippen molar-refractivity contribution in [2.45, 2.75) is 45.1 Å². The first-order valence-corrected chi connectivity index (χ1v) is 5.16. The molecule has 0 aromatic carbocycles. The molecule has 76 valence electrons. The summed E-state index contributed by atoms with van der Waals surface area (Å²) in [5.74, 6) is -0.677. The third kappa shape index (κ3) is 3.77. The maximum absolute atomic E-state index is 10.4. The van der Waals surface area contributed by atoms with Gasteiger partial charge in [0.1, 0.15) is 0 Å². The van der Waals surface area contributed by atoms with E-state index in [-0.39, 0.29) is 0 Å². The van der Waals surface area contributed by atoms with Crippen LogP contribution < -0.4 is 0 Å². The van der Waals surface area contributed by atoms with E-state index in [9.17, 15) is 4.79 Å². The summed E-state index contributed by atoms with van der Waals surface area (Å²) in [7, 11) is 0. The molecular weight excluding hydrogens is 166 g/mol. The SMILES string of the molecule is CC(CCC(=O)O)N1CCCCC1. The molecule has 0 aromatic heterocycles. The lowest BCUT2D eigenvalue weighted by atomic mass is 10.1. The largest absolute Gasteiger partial charge is 0.481 e. The average molecular weight is 185 g/mol. The van der Waals surface area contributed by atoms with Crippen LogP contribution in [0.3, 0.4) is 0 Å². The van der Waals surface area contributed by atoms with Gasteiger partial charge < -0.3 is 10.0 Å². The van der Waals surface area contributed by atoms with Crippen LogP contribution in [0.25, 0.3) is 0 Å². The number of carbonyl (C=O) groups is 1. The van der Waals surface area contributed by atoms with Gasteiger partial charge in [-0.25, -0.2) is 0 Å². The number of likely N-dealkylation sites (tertiary alicyclic amines) is 1. The predicted octanol–water partition coefficient (Wildman–Crippen LogP) is 1.73. The number of carboxylic acids is 1. The lowest BCUT2D eigenvalue weighted by Gasteiger charge is -2.32. The molecule has 0 amide bonds. The normalized spacial score (nSPS) is 21.3. The third-order valence-electron chi connectivity index (χ3n) is 2.79. The van der Waals surface area contributed by atoms with E-state index < -0.39 is 5.97 Å². The fourth-order valence-electron chi connectivity index (χ4n) is 1.87. The second-order valence-electron chi connectivity index (χ2n) is 3.88. The minimum absolute atomic E-state index is 0.303. The van der Waals surface area contributed by atoms with Crippen LogP contribution in [0.4, 0.5) is 0 Å². The van der Waals surface area contributed by atoms with Gasteiger partial charge in [-0.05, 0) is 39.3 Å². The predicted molar refractivity (Wildman–Crippen MR) is 51.8 cm³/mol. The third-order valence-corrected chi connectivity index (χ3v) is 2.79. The molecule has 1 unspecified atom stereocenters. The second-order valence-corrected chi connectivity index (χ2v) is 3.88. The van der Waals surface area contributed by atoms with Crippen molar-refractivity contribution in [3.63, 3.8) is 0 Å². The standard InChI is InChI=1S/C10H19NO2/c1-9(5-6-10(12)13)11-7-3-2-4-8-11/h9H,2-8H2,1H3,(H,12,13). The summed E-state index contributed by atoms with van der Waals surface area (Å²) in [4.78, 5) is 12.8. The van der Waals surface area contributed by atoms with Crippen LogP contribution in [0.5, 0.6) is 0 Å². The number of carboxylic acid groups (broad SMARTS) is 1. The van der Waals surface area contributed by atoms with Gasteiger partial charge in [-0.3, -0.25) is 4.79 Å². The lowest BCUT2D eigenvalue weighted by Crippen LogP contribution is -2.37. The molecule has 0 bridgehead atoms. The Kier molecular flexibility index (Phi) is 4.22. The summed E-state index contributed by atoms with van der Waals surface area (Å²) in [6, 6.07) is 0.441. The summed E-state index contributed by atoms with van der Waals surface area (Å²) in [5, 5.41) is 8.54. The van der Waals surface area contributed by atoms with Crippen molar-refractivity contribution < 1.29 is 9.90 Å². The van der Waals surface area contributed by atoms with E-state index in [1.165, 1.54) is 19.3 Å². The smallest absolute Gasteiger partial charge is 0.303 e. The Hall–Kier alpha value is -0.570. The molecule has 1 heterocycles. The van der Waals surface area contributed by atoms with Crippen LogP contribution >= 0.6 is 0 Å². The first kappa shape index (κ1) is 10.5. The van der Waals surface area contributed by atoms with Crippen molar-refractivity contribution in [1.29, 1.82) is 0 Å². The molecule has 1 aliphatic rings. The van der Waals surface area contributed by atoms with E-state index in [4.69, 9.17) is 5.11 Å². The molecule has 0 radical (unpaired) electrons. The van der Waals surface area contributed by atoms with E-state index in [0.717, 1.165) is 19.5 Å². The summed E-state index contributed by atoms with van der Waals surface area (Å²) >= 11 is 0. The van der Waals surface area contributed by atoms with Crippen LogP contribution in [0.2, 0.25) is 0 Å². The molecule has 0 aromatic rings. The second kappa shape index (κ2) is 5.22. The molecule has 1 saturated heterocycles. The maximum atomic E-state index is 10.4. The highest BCUT2D eigenvalue weighted by atomic mass is 16.4. The van der Waals surface area contributed by atoms with Crippen LogP contribution in [-0.2, 0) is 4.79 Å². The van der Waals surface area contributed by atoms with Gasteiger partial charge in [-0.1, -0.05) is 6.42 Å². The van der Waals surface area contributed by atoms with Crippen molar-refractivity contribution in [1.82, 2.24) is 4.90 Å². The topological polar surface area (TPSA) is 40.5 Å². The minimum Gasteiger partial charge on any atom is -0.481 e. The molecule has 0 saturated carbocycles. The van der Waals surface area contributed by atoms with E-state index in [2.05, 4.69) is 11.8 Å². The van der Waals surface area contributed by atoms with Gasteiger partial charge in [0.25, 0.3) is 0 Å². The molecule has 1 N–H and O–H groups in total. The fourth-order valence-corrected chi connectivity index (χ4v) is 1.87. The Bertz CT molecular complexity index is 164. The maximum Gasteiger partial charge on any atom is 0.303 e. The highest BCUT2D eigenvalue weighted by Crippen LogP contribution is 2.14. The summed E-state index contributed by atoms with van der Waals surface area (Å²) in [6.07, 6.45) is 4.98. The Morgan fingerprint density at radius 3 is 2.54 bits per heavy atom. The molecule has 1 aliphatic heterocycles. The number of aliphatic carboxylic acids is 1. The van der Waals surface area contributed by atoms with Crippen LogP contribution in [-0.4, -0.2) is 35.1 Å². The number of piperidine rings is 1. The number of hydrogen-bond donors (Lipinski definition) is 1. The zero-order chi connectivity index (χ0) is 9.68. The Balaban J connectivity index is 2.20. The lowest BCUT2D eigenvalue weighted by molar-refractivity contribution is -0.137. The molecule has 1 fully saturated rings. The van der Waals surface area contributed by atoms with Gasteiger partial charge in [0.2, 0.25) is 0 Å². The quantitative estimate of drug-likeness (QED) is 0.725. The van der Waals surface area contributed by atoms with Crippen molar-refractivity contribution in [2.75, 3.05) is 13.1 Å². The Morgan fingerprint density at radius 2 is 2.00 bits per heavy atom. The first-order valence-electron chi connectivity index (χ1n) is 5.16. The van der Waals surface area contributed by atoms with E-state index in [1.54, 1.807) is 0 Å².